The van der Waals surface area contributed by atoms with Crippen LogP contribution in [0.2, 0.25) is 0 Å². The van der Waals surface area contributed by atoms with Crippen molar-refractivity contribution in [3.8, 4) is 0 Å². The summed E-state index contributed by atoms with van der Waals surface area (Å²) >= 11 is 0. The van der Waals surface area contributed by atoms with Crippen molar-refractivity contribution in [1.82, 2.24) is 0 Å². The van der Waals surface area contributed by atoms with E-state index in [0.717, 1.165) is 5.92 Å². The Hall–Kier alpha value is -0.248. The molecule has 1 atom stereocenters. The second-order valence-electron chi connectivity index (χ2n) is 3.05. The average molecular weight is 347 g/mol. The van der Waals surface area contributed by atoms with Crippen molar-refractivity contribution in [2.45, 2.75) is 27.2 Å². The summed E-state index contributed by atoms with van der Waals surface area (Å²) in [5.74, 6) is 0.748. The first-order chi connectivity index (χ1) is 5.86. The minimum Gasteiger partial charge on any atom is -0.189 e. The van der Waals surface area contributed by atoms with Crippen LogP contribution in [0.5, 0.6) is 0 Å². The van der Waals surface area contributed by atoms with Crippen LogP contribution in [0, 0.1) is 12.3 Å². The van der Waals surface area contributed by atoms with E-state index in [1.807, 2.05) is 13.8 Å². The molecule has 73 valence electrons. The van der Waals surface area contributed by atoms with Crippen molar-refractivity contribution < 1.29 is 20.4 Å². The maximum absolute atomic E-state index is 2.34. The van der Waals surface area contributed by atoms with Crippen LogP contribution in [-0.2, 0) is 26.8 Å². The van der Waals surface area contributed by atoms with Crippen molar-refractivity contribution in [3.05, 3.63) is 41.8 Å². The largest absolute Gasteiger partial charge is 0.189 e. The summed E-state index contributed by atoms with van der Waals surface area (Å²) in [7, 11) is 0. The molecule has 13 heavy (non-hydrogen) atoms. The third kappa shape index (κ3) is 3.18. The quantitative estimate of drug-likeness (QED) is 0.631. The van der Waals surface area contributed by atoms with Gasteiger partial charge in [-0.1, -0.05) is 39.2 Å². The van der Waals surface area contributed by atoms with E-state index in [9.17, 15) is 0 Å². The summed E-state index contributed by atoms with van der Waals surface area (Å²) in [6, 6.07) is 8.63. The van der Waals surface area contributed by atoms with Crippen molar-refractivity contribution in [1.29, 1.82) is 0 Å². The van der Waals surface area contributed by atoms with Gasteiger partial charge in [-0.15, -0.1) is 17.7 Å². The van der Waals surface area contributed by atoms with E-state index in [1.54, 1.807) is 0 Å². The Bertz CT molecular complexity index is 218. The van der Waals surface area contributed by atoms with Crippen LogP contribution in [0.3, 0.4) is 0 Å². The summed E-state index contributed by atoms with van der Waals surface area (Å²) in [6.07, 6.45) is 3.57. The summed E-state index contributed by atoms with van der Waals surface area (Å²) in [5, 5.41) is 0. The molecule has 0 bridgehead atoms. The van der Waals surface area contributed by atoms with Gasteiger partial charge >= 0.3 is 0 Å². The third-order valence-corrected chi connectivity index (χ3v) is 2.06. The van der Waals surface area contributed by atoms with E-state index in [0.29, 0.717) is 0 Å². The van der Waals surface area contributed by atoms with Gasteiger partial charge in [-0.2, -0.15) is 18.1 Å². The van der Waals surface area contributed by atoms with Crippen molar-refractivity contribution in [2.75, 3.05) is 0 Å². The number of hydrogen-bond acceptors (Lipinski definition) is 0. The fourth-order valence-corrected chi connectivity index (χ4v) is 1.60. The molecule has 0 spiro atoms. The van der Waals surface area contributed by atoms with Gasteiger partial charge < -0.3 is 0 Å². The molecule has 0 heterocycles. The Labute approximate surface area is 95.4 Å². The normalized spacial score (nSPS) is 17.3. The zero-order chi connectivity index (χ0) is 8.97. The van der Waals surface area contributed by atoms with E-state index in [1.165, 1.54) is 17.5 Å². The summed E-state index contributed by atoms with van der Waals surface area (Å²) < 4.78 is 0. The molecule has 0 saturated heterocycles. The molecule has 0 nitrogen and oxygen atoms in total. The Morgan fingerprint density at radius 2 is 1.85 bits per heavy atom. The molecule has 1 aromatic carbocycles. The first-order valence-electron chi connectivity index (χ1n) is 4.79. The van der Waals surface area contributed by atoms with Crippen molar-refractivity contribution >= 4 is 0 Å². The van der Waals surface area contributed by atoms with Gasteiger partial charge in [0, 0.05) is 20.4 Å². The molecule has 2 rings (SSSR count). The monoisotopic (exact) mass is 348 g/mol. The topological polar surface area (TPSA) is 0 Å². The predicted octanol–water partition coefficient (Wildman–Crippen LogP) is 3.45. The van der Waals surface area contributed by atoms with Crippen LogP contribution in [0.15, 0.2) is 24.3 Å². The van der Waals surface area contributed by atoms with Gasteiger partial charge in [0.05, 0.1) is 0 Å². The molecular weight excluding hydrogens is 330 g/mol. The van der Waals surface area contributed by atoms with Gasteiger partial charge in [-0.25, -0.2) is 0 Å². The number of hydrogen-bond donors (Lipinski definition) is 0. The summed E-state index contributed by atoms with van der Waals surface area (Å²) in [5.41, 5.74) is 2.95. The Kier molecular flexibility index (Phi) is 6.12. The van der Waals surface area contributed by atoms with Crippen LogP contribution < -0.4 is 0 Å². The number of fused-ring (bicyclic) bond motifs is 1. The first kappa shape index (κ1) is 12.8. The van der Waals surface area contributed by atoms with E-state index in [2.05, 4.69) is 37.6 Å². The van der Waals surface area contributed by atoms with Gasteiger partial charge in [0.2, 0.25) is 0 Å². The van der Waals surface area contributed by atoms with Gasteiger partial charge in [0.15, 0.2) is 0 Å². The zero-order valence-electron chi connectivity index (χ0n) is 8.55. The molecule has 0 saturated carbocycles. The predicted molar refractivity (Wildman–Crippen MR) is 54.1 cm³/mol. The Balaban J connectivity index is 0.000000451. The van der Waals surface area contributed by atoms with Crippen LogP contribution in [-0.4, -0.2) is 0 Å². The molecular formula is C12H17Re-. The Morgan fingerprint density at radius 3 is 2.46 bits per heavy atom. The zero-order valence-corrected chi connectivity index (χ0v) is 11.3. The molecule has 1 aliphatic rings. The molecule has 0 fully saturated rings. The second kappa shape index (κ2) is 6.24. The molecule has 0 amide bonds. The number of rotatable bonds is 0. The van der Waals surface area contributed by atoms with Crippen molar-refractivity contribution in [3.63, 3.8) is 0 Å². The van der Waals surface area contributed by atoms with Crippen LogP contribution in [0.4, 0.5) is 0 Å². The van der Waals surface area contributed by atoms with Gasteiger partial charge in [0.1, 0.15) is 0 Å². The van der Waals surface area contributed by atoms with E-state index in [4.69, 9.17) is 0 Å². The maximum Gasteiger partial charge on any atom is 0 e. The van der Waals surface area contributed by atoms with E-state index in [-0.39, 0.29) is 20.4 Å². The fourth-order valence-electron chi connectivity index (χ4n) is 1.60. The van der Waals surface area contributed by atoms with Crippen LogP contribution >= 0.6 is 0 Å². The molecule has 1 aromatic rings. The minimum absolute atomic E-state index is 0. The summed E-state index contributed by atoms with van der Waals surface area (Å²) in [6.45, 7) is 6.26. The van der Waals surface area contributed by atoms with Crippen LogP contribution in [0.1, 0.15) is 31.9 Å². The molecule has 1 heteroatoms. The molecule has 0 aromatic heterocycles. The maximum atomic E-state index is 2.34. The second-order valence-corrected chi connectivity index (χ2v) is 3.05. The van der Waals surface area contributed by atoms with Gasteiger partial charge in [-0.05, 0) is 0 Å². The van der Waals surface area contributed by atoms with Gasteiger partial charge in [-0.3, -0.25) is 0 Å². The van der Waals surface area contributed by atoms with E-state index >= 15 is 0 Å². The fraction of sp³-hybridized carbons (Fsp3) is 0.417. The summed E-state index contributed by atoms with van der Waals surface area (Å²) in [4.78, 5) is 0. The Morgan fingerprint density at radius 1 is 1.23 bits per heavy atom. The number of benzene rings is 1. The molecule has 1 aliphatic carbocycles. The first-order valence-corrected chi connectivity index (χ1v) is 4.79. The standard InChI is InChI=1S/C10H11.C2H6.Re/c1-8-6-9-4-2-3-5-10(9)7-8;1-2;/h2-6,8H,7H2,1H3;1-2H3;/q-1;;. The minimum atomic E-state index is 0. The molecule has 0 N–H and O–H groups in total. The van der Waals surface area contributed by atoms with Gasteiger partial charge in [0.25, 0.3) is 0 Å². The third-order valence-electron chi connectivity index (χ3n) is 2.06. The molecule has 1 radical (unpaired) electrons. The smallest absolute Gasteiger partial charge is 0 e. The van der Waals surface area contributed by atoms with Crippen LogP contribution in [0.25, 0.3) is 0 Å². The van der Waals surface area contributed by atoms with Crippen molar-refractivity contribution in [2.24, 2.45) is 5.92 Å². The SMILES string of the molecule is CC.CC1[CH-]c2ccccc2C1.[Re]. The average Bonchev–Trinajstić information content (AvgIpc) is 2.48. The molecule has 0 aliphatic heterocycles. The van der Waals surface area contributed by atoms with E-state index < -0.39 is 0 Å². The molecule has 1 unspecified atom stereocenters.